The summed E-state index contributed by atoms with van der Waals surface area (Å²) < 4.78 is 46.0. The molecule has 1 fully saturated rings. The third-order valence-corrected chi connectivity index (χ3v) is 6.62. The molecule has 5 atom stereocenters. The first-order valence-electron chi connectivity index (χ1n) is 9.72. The maximum atomic E-state index is 13.6. The molecular formula is C21H21ClF3N3O4S. The van der Waals surface area contributed by atoms with E-state index in [0.29, 0.717) is 22.9 Å². The predicted molar refractivity (Wildman–Crippen MR) is 117 cm³/mol. The van der Waals surface area contributed by atoms with Crippen molar-refractivity contribution in [3.63, 3.8) is 0 Å². The first kappa shape index (κ1) is 25.5. The van der Waals surface area contributed by atoms with Crippen LogP contribution in [0.3, 0.4) is 0 Å². The maximum Gasteiger partial charge on any atom is 0.194 e. The minimum absolute atomic E-state index is 0.228. The lowest BCUT2D eigenvalue weighted by Gasteiger charge is -2.42. The molecule has 5 N–H and O–H groups in total. The zero-order chi connectivity index (χ0) is 24.1. The molecule has 1 saturated heterocycles. The highest BCUT2D eigenvalue weighted by atomic mass is 35.5. The van der Waals surface area contributed by atoms with Crippen LogP contribution in [0.1, 0.15) is 11.1 Å². The molecule has 33 heavy (non-hydrogen) atoms. The number of thioether (sulfide) groups is 1. The summed E-state index contributed by atoms with van der Waals surface area (Å²) in [5.41, 5.74) is 6.70. The maximum absolute atomic E-state index is 13.6. The average molecular weight is 504 g/mol. The van der Waals surface area contributed by atoms with Crippen LogP contribution in [-0.2, 0) is 10.5 Å². The average Bonchev–Trinajstić information content (AvgIpc) is 2.80. The summed E-state index contributed by atoms with van der Waals surface area (Å²) in [5, 5.41) is 37.3. The van der Waals surface area contributed by atoms with E-state index in [-0.39, 0.29) is 11.3 Å². The van der Waals surface area contributed by atoms with Crippen LogP contribution in [0.25, 0.3) is 5.70 Å². The summed E-state index contributed by atoms with van der Waals surface area (Å²) in [6.45, 7) is -0.539. The van der Waals surface area contributed by atoms with Gasteiger partial charge in [0.05, 0.1) is 12.6 Å². The molecule has 3 unspecified atom stereocenters. The molecule has 0 spiro atoms. The van der Waals surface area contributed by atoms with Crippen LogP contribution in [0.15, 0.2) is 47.7 Å². The highest BCUT2D eigenvalue weighted by molar-refractivity contribution is 7.99. The van der Waals surface area contributed by atoms with Crippen LogP contribution < -0.4 is 5.32 Å². The van der Waals surface area contributed by atoms with Gasteiger partial charge in [-0.05, 0) is 23.8 Å². The fourth-order valence-electron chi connectivity index (χ4n) is 3.27. The first-order valence-corrected chi connectivity index (χ1v) is 11.2. The molecule has 0 radical (unpaired) electrons. The number of nitrogens with zero attached hydrogens (tertiary/aromatic N) is 1. The van der Waals surface area contributed by atoms with Crippen molar-refractivity contribution in [3.8, 4) is 0 Å². The van der Waals surface area contributed by atoms with Crippen LogP contribution in [0.4, 0.5) is 13.2 Å². The van der Waals surface area contributed by atoms with Gasteiger partial charge in [-0.3, -0.25) is 0 Å². The molecule has 1 heterocycles. The Morgan fingerprint density at radius 3 is 2.45 bits per heavy atom. The molecule has 0 amide bonds. The van der Waals surface area contributed by atoms with Crippen LogP contribution in [0.2, 0.25) is 5.02 Å². The van der Waals surface area contributed by atoms with E-state index in [9.17, 15) is 28.5 Å². The largest absolute Gasteiger partial charge is 0.394 e. The highest BCUT2D eigenvalue weighted by Gasteiger charge is 2.44. The molecule has 2 aromatic carbocycles. The zero-order valence-corrected chi connectivity index (χ0v) is 18.5. The number of hydrogen-bond acceptors (Lipinski definition) is 8. The van der Waals surface area contributed by atoms with Gasteiger partial charge in [0.25, 0.3) is 0 Å². The second-order valence-electron chi connectivity index (χ2n) is 7.20. The quantitative estimate of drug-likeness (QED) is 0.278. The lowest BCUT2D eigenvalue weighted by Crippen LogP contribution is -2.62. The molecule has 7 nitrogen and oxygen atoms in total. The van der Waals surface area contributed by atoms with Gasteiger partial charge in [0.15, 0.2) is 17.5 Å². The minimum Gasteiger partial charge on any atom is -0.394 e. The Bertz CT molecular complexity index is 1010. The van der Waals surface area contributed by atoms with Gasteiger partial charge in [-0.1, -0.05) is 29.8 Å². The standard InChI is InChI=1S/C21H21ClF3N3O4S/c22-12-4-2-1-3-10(12)9-33-21-20(31)18(19(30)16(8-29)32-21)27-7-15(28-26)11-5-13(23)17(25)14(24)6-11/h1-7,16,18-21,26-27,29-31H,8-9H2/b15-7-,28-26?/t16?,18?,19-,20?,21+/m0/s1. The molecule has 0 saturated carbocycles. The van der Waals surface area contributed by atoms with E-state index in [2.05, 4.69) is 10.4 Å². The number of aliphatic hydroxyl groups is 3. The summed E-state index contributed by atoms with van der Waals surface area (Å²) in [6, 6.07) is 7.36. The number of aliphatic hydroxyl groups excluding tert-OH is 3. The fraction of sp³-hybridized carbons (Fsp3) is 0.333. The van der Waals surface area contributed by atoms with Gasteiger partial charge in [-0.15, -0.1) is 11.8 Å². The number of nitrogens with one attached hydrogen (secondary N) is 2. The van der Waals surface area contributed by atoms with Gasteiger partial charge in [0.2, 0.25) is 0 Å². The predicted octanol–water partition coefficient (Wildman–Crippen LogP) is 3.42. The molecule has 1 aliphatic heterocycles. The zero-order valence-electron chi connectivity index (χ0n) is 17.0. The van der Waals surface area contributed by atoms with Gasteiger partial charge in [0, 0.05) is 22.5 Å². The highest BCUT2D eigenvalue weighted by Crippen LogP contribution is 2.32. The number of rotatable bonds is 8. The number of ether oxygens (including phenoxy) is 1. The molecule has 12 heteroatoms. The first-order chi connectivity index (χ1) is 15.8. The van der Waals surface area contributed by atoms with Crippen molar-refractivity contribution < 1.29 is 33.2 Å². The second kappa shape index (κ2) is 11.3. The molecule has 1 aliphatic rings. The Hall–Kier alpha value is -2.15. The van der Waals surface area contributed by atoms with E-state index < -0.39 is 53.8 Å². The van der Waals surface area contributed by atoms with Gasteiger partial charge < -0.3 is 25.4 Å². The van der Waals surface area contributed by atoms with Crippen LogP contribution >= 0.6 is 23.4 Å². The molecule has 0 aliphatic carbocycles. The lowest BCUT2D eigenvalue weighted by molar-refractivity contribution is -0.164. The Morgan fingerprint density at radius 1 is 1.18 bits per heavy atom. The Balaban J connectivity index is 1.79. The van der Waals surface area contributed by atoms with Crippen molar-refractivity contribution in [2.24, 2.45) is 5.11 Å². The van der Waals surface area contributed by atoms with Crippen molar-refractivity contribution in [2.45, 2.75) is 35.5 Å². The summed E-state index contributed by atoms with van der Waals surface area (Å²) in [7, 11) is 0. The molecule has 178 valence electrons. The minimum atomic E-state index is -1.66. The number of halogens is 4. The van der Waals surface area contributed by atoms with Crippen LogP contribution in [0.5, 0.6) is 0 Å². The normalized spacial score (nSPS) is 25.7. The SMILES string of the molecule is N=N/C(=C\NC1C(O)[C@@H](SCc2ccccc2Cl)OC(CO)[C@@H]1O)c1cc(F)c(F)c(F)c1. The topological polar surface area (TPSA) is 118 Å². The van der Waals surface area contributed by atoms with Gasteiger partial charge in [-0.2, -0.15) is 5.11 Å². The summed E-state index contributed by atoms with van der Waals surface area (Å²) in [5.74, 6) is -4.20. The van der Waals surface area contributed by atoms with E-state index in [0.717, 1.165) is 11.8 Å². The summed E-state index contributed by atoms with van der Waals surface area (Å²) in [4.78, 5) is 0. The Labute approximate surface area is 196 Å². The summed E-state index contributed by atoms with van der Waals surface area (Å²) >= 11 is 7.35. The molecular weight excluding hydrogens is 483 g/mol. The third-order valence-electron chi connectivity index (χ3n) is 5.06. The monoisotopic (exact) mass is 503 g/mol. The van der Waals surface area contributed by atoms with Gasteiger partial charge >= 0.3 is 0 Å². The second-order valence-corrected chi connectivity index (χ2v) is 8.69. The van der Waals surface area contributed by atoms with Crippen molar-refractivity contribution in [1.82, 2.24) is 5.32 Å². The van der Waals surface area contributed by atoms with Crippen LogP contribution in [-0.4, -0.2) is 51.7 Å². The van der Waals surface area contributed by atoms with Crippen molar-refractivity contribution in [3.05, 3.63) is 76.2 Å². The summed E-state index contributed by atoms with van der Waals surface area (Å²) in [6.07, 6.45) is -2.64. The number of hydrogen-bond donors (Lipinski definition) is 5. The van der Waals surface area contributed by atoms with E-state index in [4.69, 9.17) is 21.9 Å². The lowest BCUT2D eigenvalue weighted by atomic mass is 9.97. The Morgan fingerprint density at radius 2 is 1.85 bits per heavy atom. The molecule has 2 aromatic rings. The van der Waals surface area contributed by atoms with Crippen molar-refractivity contribution >= 4 is 29.1 Å². The van der Waals surface area contributed by atoms with E-state index in [1.54, 1.807) is 12.1 Å². The third kappa shape index (κ3) is 5.86. The molecule has 3 rings (SSSR count). The van der Waals surface area contributed by atoms with Crippen LogP contribution in [0, 0.1) is 23.0 Å². The van der Waals surface area contributed by atoms with E-state index in [1.165, 1.54) is 11.8 Å². The van der Waals surface area contributed by atoms with E-state index >= 15 is 0 Å². The van der Waals surface area contributed by atoms with Crippen molar-refractivity contribution in [2.75, 3.05) is 6.61 Å². The van der Waals surface area contributed by atoms with E-state index in [1.807, 2.05) is 12.1 Å². The molecule has 0 bridgehead atoms. The fourth-order valence-corrected chi connectivity index (χ4v) is 4.73. The molecule has 0 aromatic heterocycles. The number of benzene rings is 2. The Kier molecular flexibility index (Phi) is 8.74. The van der Waals surface area contributed by atoms with Gasteiger partial charge in [0.1, 0.15) is 29.4 Å². The van der Waals surface area contributed by atoms with Crippen molar-refractivity contribution in [1.29, 1.82) is 5.53 Å². The van der Waals surface area contributed by atoms with Gasteiger partial charge in [-0.25, -0.2) is 18.7 Å². The smallest absolute Gasteiger partial charge is 0.194 e.